The second kappa shape index (κ2) is 4.60. The standard InChI is InChI=1S/C14H12BrClN2O2/c1-14(6-7-14)18-12(19)10(11(16)17-13(18)20)8-4-2-3-5-9(8)15/h2-5H,6-7H2,1H3,(H,17,20). The number of hydrogen-bond donors (Lipinski definition) is 1. The molecule has 0 saturated heterocycles. The van der Waals surface area contributed by atoms with E-state index in [0.717, 1.165) is 17.3 Å². The first-order valence-electron chi connectivity index (χ1n) is 6.24. The van der Waals surface area contributed by atoms with Gasteiger partial charge in [-0.05, 0) is 25.8 Å². The van der Waals surface area contributed by atoms with Crippen molar-refractivity contribution in [1.29, 1.82) is 0 Å². The number of nitrogens with one attached hydrogen (secondary N) is 1. The molecule has 0 aliphatic heterocycles. The lowest BCUT2D eigenvalue weighted by atomic mass is 10.1. The average molecular weight is 356 g/mol. The summed E-state index contributed by atoms with van der Waals surface area (Å²) in [5.74, 6) is 0. The van der Waals surface area contributed by atoms with Crippen LogP contribution in [0.4, 0.5) is 0 Å². The van der Waals surface area contributed by atoms with E-state index in [1.807, 2.05) is 25.1 Å². The summed E-state index contributed by atoms with van der Waals surface area (Å²) in [4.78, 5) is 27.3. The summed E-state index contributed by atoms with van der Waals surface area (Å²) >= 11 is 9.51. The highest BCUT2D eigenvalue weighted by Crippen LogP contribution is 2.41. The van der Waals surface area contributed by atoms with Crippen LogP contribution >= 0.6 is 27.5 Å². The predicted octanol–water partition coefficient (Wildman–Crippen LogP) is 3.13. The van der Waals surface area contributed by atoms with E-state index >= 15 is 0 Å². The summed E-state index contributed by atoms with van der Waals surface area (Å²) in [6.45, 7) is 1.90. The van der Waals surface area contributed by atoms with E-state index in [0.29, 0.717) is 11.1 Å². The molecule has 4 nitrogen and oxygen atoms in total. The molecule has 6 heteroatoms. The Labute approximate surface area is 128 Å². The third-order valence-corrected chi connectivity index (χ3v) is 4.69. The van der Waals surface area contributed by atoms with Crippen LogP contribution in [-0.2, 0) is 5.54 Å². The molecule has 1 fully saturated rings. The highest BCUT2D eigenvalue weighted by Gasteiger charge is 2.42. The van der Waals surface area contributed by atoms with Gasteiger partial charge in [-0.25, -0.2) is 4.79 Å². The number of rotatable bonds is 2. The van der Waals surface area contributed by atoms with Crippen LogP contribution in [0.1, 0.15) is 19.8 Å². The molecule has 2 aromatic rings. The Morgan fingerprint density at radius 3 is 2.55 bits per heavy atom. The van der Waals surface area contributed by atoms with Gasteiger partial charge in [0.15, 0.2) is 0 Å². The van der Waals surface area contributed by atoms with Gasteiger partial charge in [0.2, 0.25) is 0 Å². The Hall–Kier alpha value is -1.33. The molecule has 1 aromatic heterocycles. The normalized spacial score (nSPS) is 16.1. The molecular weight excluding hydrogens is 344 g/mol. The van der Waals surface area contributed by atoms with Crippen LogP contribution in [0.5, 0.6) is 0 Å². The molecular formula is C14H12BrClN2O2. The molecule has 104 valence electrons. The molecule has 0 radical (unpaired) electrons. The van der Waals surface area contributed by atoms with E-state index in [1.165, 1.54) is 4.57 Å². The number of aromatic nitrogens is 2. The molecule has 1 N–H and O–H groups in total. The van der Waals surface area contributed by atoms with Crippen LogP contribution in [0.25, 0.3) is 11.1 Å². The first kappa shape index (κ1) is 13.6. The van der Waals surface area contributed by atoms with Crippen LogP contribution in [0, 0.1) is 0 Å². The fraction of sp³-hybridized carbons (Fsp3) is 0.286. The third kappa shape index (κ3) is 2.05. The maximum Gasteiger partial charge on any atom is 0.330 e. The summed E-state index contributed by atoms with van der Waals surface area (Å²) in [7, 11) is 0. The summed E-state index contributed by atoms with van der Waals surface area (Å²) in [6, 6.07) is 7.31. The molecule has 1 heterocycles. The largest absolute Gasteiger partial charge is 0.330 e. The van der Waals surface area contributed by atoms with Crippen molar-refractivity contribution < 1.29 is 0 Å². The second-order valence-electron chi connectivity index (χ2n) is 5.24. The van der Waals surface area contributed by atoms with Gasteiger partial charge in [-0.15, -0.1) is 0 Å². The van der Waals surface area contributed by atoms with Gasteiger partial charge in [-0.3, -0.25) is 14.3 Å². The molecule has 0 bridgehead atoms. The summed E-state index contributed by atoms with van der Waals surface area (Å²) in [5, 5.41) is 0.0763. The Balaban J connectivity index is 2.36. The second-order valence-corrected chi connectivity index (χ2v) is 6.47. The van der Waals surface area contributed by atoms with E-state index in [1.54, 1.807) is 6.07 Å². The topological polar surface area (TPSA) is 54.9 Å². The van der Waals surface area contributed by atoms with E-state index in [-0.39, 0.29) is 16.3 Å². The van der Waals surface area contributed by atoms with E-state index in [4.69, 9.17) is 11.6 Å². The Morgan fingerprint density at radius 1 is 1.30 bits per heavy atom. The van der Waals surface area contributed by atoms with Crippen molar-refractivity contribution in [3.05, 3.63) is 54.7 Å². The number of benzene rings is 1. The molecule has 0 atom stereocenters. The van der Waals surface area contributed by atoms with Gasteiger partial charge in [-0.1, -0.05) is 45.7 Å². The molecule has 0 spiro atoms. The van der Waals surface area contributed by atoms with E-state index in [2.05, 4.69) is 20.9 Å². The van der Waals surface area contributed by atoms with Crippen molar-refractivity contribution in [2.45, 2.75) is 25.3 Å². The van der Waals surface area contributed by atoms with Crippen molar-refractivity contribution in [3.63, 3.8) is 0 Å². The van der Waals surface area contributed by atoms with Gasteiger partial charge in [0.25, 0.3) is 5.56 Å². The molecule has 0 unspecified atom stereocenters. The first-order valence-corrected chi connectivity index (χ1v) is 7.41. The van der Waals surface area contributed by atoms with Crippen molar-refractivity contribution in [2.75, 3.05) is 0 Å². The minimum atomic E-state index is -0.448. The highest BCUT2D eigenvalue weighted by molar-refractivity contribution is 9.10. The number of halogens is 2. The molecule has 1 aliphatic carbocycles. The molecule has 0 amide bonds. The number of H-pyrrole nitrogens is 1. The summed E-state index contributed by atoms with van der Waals surface area (Å²) < 4.78 is 2.05. The van der Waals surface area contributed by atoms with Crippen LogP contribution in [0.15, 0.2) is 38.3 Å². The van der Waals surface area contributed by atoms with Gasteiger partial charge < -0.3 is 0 Å². The first-order chi connectivity index (χ1) is 9.44. The maximum absolute atomic E-state index is 12.7. The SMILES string of the molecule is CC1(n2c(=O)[nH]c(Cl)c(-c3ccccc3Br)c2=O)CC1. The smallest absolute Gasteiger partial charge is 0.297 e. The summed E-state index contributed by atoms with van der Waals surface area (Å²) in [6.07, 6.45) is 1.65. The van der Waals surface area contributed by atoms with Crippen LogP contribution in [0.2, 0.25) is 5.15 Å². The maximum atomic E-state index is 12.7. The van der Waals surface area contributed by atoms with Gasteiger partial charge in [0, 0.05) is 10.0 Å². The number of nitrogens with zero attached hydrogens (tertiary/aromatic N) is 1. The monoisotopic (exact) mass is 354 g/mol. The van der Waals surface area contributed by atoms with Crippen molar-refractivity contribution in [1.82, 2.24) is 9.55 Å². The minimum Gasteiger partial charge on any atom is -0.297 e. The van der Waals surface area contributed by atoms with Gasteiger partial charge in [-0.2, -0.15) is 0 Å². The lowest BCUT2D eigenvalue weighted by Crippen LogP contribution is -2.41. The Bertz CT molecular complexity index is 806. The lowest BCUT2D eigenvalue weighted by Gasteiger charge is -2.14. The Morgan fingerprint density at radius 2 is 1.95 bits per heavy atom. The zero-order chi connectivity index (χ0) is 14.5. The number of aromatic amines is 1. The number of hydrogen-bond acceptors (Lipinski definition) is 2. The third-order valence-electron chi connectivity index (χ3n) is 3.71. The van der Waals surface area contributed by atoms with Crippen LogP contribution < -0.4 is 11.2 Å². The molecule has 1 aliphatic rings. The lowest BCUT2D eigenvalue weighted by molar-refractivity contribution is 0.487. The quantitative estimate of drug-likeness (QED) is 0.842. The zero-order valence-electron chi connectivity index (χ0n) is 10.7. The molecule has 1 saturated carbocycles. The van der Waals surface area contributed by atoms with Gasteiger partial charge in [0.1, 0.15) is 5.15 Å². The van der Waals surface area contributed by atoms with Gasteiger partial charge in [0.05, 0.1) is 11.1 Å². The predicted molar refractivity (Wildman–Crippen MR) is 82.4 cm³/mol. The highest BCUT2D eigenvalue weighted by atomic mass is 79.9. The van der Waals surface area contributed by atoms with E-state index in [9.17, 15) is 9.59 Å². The van der Waals surface area contributed by atoms with Crippen molar-refractivity contribution in [3.8, 4) is 11.1 Å². The van der Waals surface area contributed by atoms with Gasteiger partial charge >= 0.3 is 5.69 Å². The Kier molecular flexibility index (Phi) is 3.14. The fourth-order valence-electron chi connectivity index (χ4n) is 2.30. The fourth-order valence-corrected chi connectivity index (χ4v) is 3.05. The minimum absolute atomic E-state index is 0.0763. The van der Waals surface area contributed by atoms with E-state index < -0.39 is 5.69 Å². The average Bonchev–Trinajstić information content (AvgIpc) is 3.09. The molecule has 20 heavy (non-hydrogen) atoms. The van der Waals surface area contributed by atoms with Crippen LogP contribution in [-0.4, -0.2) is 9.55 Å². The molecule has 1 aromatic carbocycles. The molecule has 3 rings (SSSR count). The van der Waals surface area contributed by atoms with Crippen LogP contribution in [0.3, 0.4) is 0 Å². The van der Waals surface area contributed by atoms with Crippen molar-refractivity contribution >= 4 is 27.5 Å². The summed E-state index contributed by atoms with van der Waals surface area (Å²) in [5.41, 5.74) is -0.171. The van der Waals surface area contributed by atoms with Crippen molar-refractivity contribution in [2.24, 2.45) is 0 Å². The zero-order valence-corrected chi connectivity index (χ0v) is 13.1.